The third-order valence-electron chi connectivity index (χ3n) is 5.00. The highest BCUT2D eigenvalue weighted by molar-refractivity contribution is 8.05. The van der Waals surface area contributed by atoms with Crippen molar-refractivity contribution in [2.24, 2.45) is 0 Å². The Morgan fingerprint density at radius 3 is 2.64 bits per heavy atom. The van der Waals surface area contributed by atoms with Crippen LogP contribution in [0.5, 0.6) is 11.5 Å². The molecule has 1 heterocycles. The Hall–Kier alpha value is -3.16. The summed E-state index contributed by atoms with van der Waals surface area (Å²) in [5, 5.41) is 6.91. The van der Waals surface area contributed by atoms with Crippen molar-refractivity contribution in [2.75, 3.05) is 12.4 Å². The third-order valence-corrected chi connectivity index (χ3v) is 6.26. The van der Waals surface area contributed by atoms with E-state index in [0.717, 1.165) is 22.4 Å². The summed E-state index contributed by atoms with van der Waals surface area (Å²) in [6.45, 7) is 2.24. The molecular formula is C25H22ClFN2O3S. The summed E-state index contributed by atoms with van der Waals surface area (Å²) in [6, 6.07) is 17.2. The van der Waals surface area contributed by atoms with Gasteiger partial charge >= 0.3 is 0 Å². The van der Waals surface area contributed by atoms with Crippen LogP contribution >= 0.6 is 23.4 Å². The van der Waals surface area contributed by atoms with Crippen molar-refractivity contribution in [2.45, 2.75) is 19.0 Å². The lowest BCUT2D eigenvalue weighted by Gasteiger charge is -2.15. The molecule has 0 aliphatic carbocycles. The van der Waals surface area contributed by atoms with Crippen LogP contribution in [0.3, 0.4) is 0 Å². The van der Waals surface area contributed by atoms with Crippen LogP contribution in [0.25, 0.3) is 6.08 Å². The van der Waals surface area contributed by atoms with E-state index >= 15 is 0 Å². The molecule has 1 fully saturated rings. The number of hydrogen-bond acceptors (Lipinski definition) is 5. The van der Waals surface area contributed by atoms with Gasteiger partial charge in [0.15, 0.2) is 17.0 Å². The van der Waals surface area contributed by atoms with E-state index in [1.54, 1.807) is 31.4 Å². The number of benzene rings is 3. The number of methoxy groups -OCH3 is 1. The lowest BCUT2D eigenvalue weighted by atomic mass is 10.2. The summed E-state index contributed by atoms with van der Waals surface area (Å²) >= 11 is 7.42. The molecule has 3 aromatic carbocycles. The van der Waals surface area contributed by atoms with E-state index in [1.807, 2.05) is 37.3 Å². The summed E-state index contributed by atoms with van der Waals surface area (Å²) in [7, 11) is 1.56. The number of anilines is 1. The van der Waals surface area contributed by atoms with E-state index in [9.17, 15) is 9.18 Å². The van der Waals surface area contributed by atoms with Crippen molar-refractivity contribution in [3.05, 3.63) is 93.1 Å². The van der Waals surface area contributed by atoms with Crippen LogP contribution in [0.1, 0.15) is 16.7 Å². The van der Waals surface area contributed by atoms with Gasteiger partial charge in [-0.2, -0.15) is 0 Å². The number of nitrogens with one attached hydrogen (secondary N) is 2. The minimum atomic E-state index is -0.289. The zero-order chi connectivity index (χ0) is 23.4. The zero-order valence-corrected chi connectivity index (χ0v) is 19.6. The fourth-order valence-corrected chi connectivity index (χ4v) is 4.48. The number of rotatable bonds is 7. The van der Waals surface area contributed by atoms with Crippen LogP contribution < -0.4 is 20.1 Å². The van der Waals surface area contributed by atoms with E-state index in [-0.39, 0.29) is 23.8 Å². The molecule has 0 radical (unpaired) electrons. The summed E-state index contributed by atoms with van der Waals surface area (Å²) < 4.78 is 24.4. The maximum Gasteiger partial charge on any atom is 0.260 e. The molecule has 170 valence electrons. The van der Waals surface area contributed by atoms with E-state index in [0.29, 0.717) is 21.4 Å². The number of thioether (sulfide) groups is 1. The van der Waals surface area contributed by atoms with Crippen molar-refractivity contribution >= 4 is 41.0 Å². The van der Waals surface area contributed by atoms with E-state index in [4.69, 9.17) is 21.1 Å². The molecule has 33 heavy (non-hydrogen) atoms. The SMILES string of the molecule is COc1cc(/C=C2\SC(Nc3ccc(Cl)cc3C)NC2=O)ccc1OCc1ccc(F)cc1. The molecular weight excluding hydrogens is 463 g/mol. The van der Waals surface area contributed by atoms with Gasteiger partial charge in [-0.05, 0) is 72.2 Å². The Bertz CT molecular complexity index is 1200. The van der Waals surface area contributed by atoms with Crippen molar-refractivity contribution in [1.82, 2.24) is 5.32 Å². The fourth-order valence-electron chi connectivity index (χ4n) is 3.28. The topological polar surface area (TPSA) is 59.6 Å². The fraction of sp³-hybridized carbons (Fsp3) is 0.160. The molecule has 1 unspecified atom stereocenters. The van der Waals surface area contributed by atoms with E-state index in [2.05, 4.69) is 10.6 Å². The standard InChI is InChI=1S/C25H22ClFN2O3S/c1-15-11-18(26)6-9-20(15)28-25-29-24(30)23(33-25)13-17-5-10-21(22(12-17)31-2)32-14-16-3-7-19(27)8-4-16/h3-13,25,28H,14H2,1-2H3,(H,29,30)/b23-13-. The summed E-state index contributed by atoms with van der Waals surface area (Å²) in [6.07, 6.45) is 1.81. The Morgan fingerprint density at radius 2 is 1.91 bits per heavy atom. The van der Waals surface area contributed by atoms with E-state index < -0.39 is 0 Å². The molecule has 3 aromatic rings. The van der Waals surface area contributed by atoms with Gasteiger partial charge in [-0.15, -0.1) is 0 Å². The molecule has 1 atom stereocenters. The third kappa shape index (κ3) is 5.80. The molecule has 5 nitrogen and oxygen atoms in total. The lowest BCUT2D eigenvalue weighted by Crippen LogP contribution is -2.31. The second-order valence-corrected chi connectivity index (χ2v) is 8.99. The molecule has 8 heteroatoms. The quantitative estimate of drug-likeness (QED) is 0.404. The molecule has 1 saturated heterocycles. The predicted molar refractivity (Wildman–Crippen MR) is 131 cm³/mol. The number of aryl methyl sites for hydroxylation is 1. The Balaban J connectivity index is 1.44. The van der Waals surface area contributed by atoms with Gasteiger partial charge < -0.3 is 20.1 Å². The maximum absolute atomic E-state index is 13.1. The number of ether oxygens (including phenoxy) is 2. The number of halogens is 2. The zero-order valence-electron chi connectivity index (χ0n) is 18.0. The van der Waals surface area contributed by atoms with Crippen molar-refractivity contribution in [1.29, 1.82) is 0 Å². The van der Waals surface area contributed by atoms with E-state index in [1.165, 1.54) is 23.9 Å². The average Bonchev–Trinajstić information content (AvgIpc) is 3.14. The van der Waals surface area contributed by atoms with Crippen LogP contribution in [0.15, 0.2) is 65.6 Å². The highest BCUT2D eigenvalue weighted by Crippen LogP contribution is 2.34. The van der Waals surface area contributed by atoms with Gasteiger partial charge in [0.05, 0.1) is 12.0 Å². The number of carbonyl (C=O) groups is 1. The summed E-state index contributed by atoms with van der Waals surface area (Å²) in [5.41, 5.74) is 3.27. The van der Waals surface area contributed by atoms with Crippen molar-refractivity contribution < 1.29 is 18.7 Å². The van der Waals surface area contributed by atoms with Gasteiger partial charge in [-0.1, -0.05) is 41.6 Å². The average molecular weight is 485 g/mol. The van der Waals surface area contributed by atoms with Crippen LogP contribution in [-0.4, -0.2) is 18.5 Å². The predicted octanol–water partition coefficient (Wildman–Crippen LogP) is 5.97. The molecule has 0 spiro atoms. The molecule has 1 aliphatic heterocycles. The molecule has 0 saturated carbocycles. The second-order valence-electron chi connectivity index (χ2n) is 7.41. The minimum absolute atomic E-state index is 0.153. The van der Waals surface area contributed by atoms with Gasteiger partial charge in [0.25, 0.3) is 5.91 Å². The Kier molecular flexibility index (Phi) is 7.11. The van der Waals surface area contributed by atoms with Crippen LogP contribution in [0, 0.1) is 12.7 Å². The van der Waals surface area contributed by atoms with Crippen LogP contribution in [0.2, 0.25) is 5.02 Å². The van der Waals surface area contributed by atoms with Crippen LogP contribution in [0.4, 0.5) is 10.1 Å². The largest absolute Gasteiger partial charge is 0.493 e. The molecule has 0 bridgehead atoms. The second kappa shape index (κ2) is 10.2. The molecule has 1 amide bonds. The first-order valence-corrected chi connectivity index (χ1v) is 11.4. The lowest BCUT2D eigenvalue weighted by molar-refractivity contribution is -0.116. The monoisotopic (exact) mass is 484 g/mol. The van der Waals surface area contributed by atoms with Crippen LogP contribution in [-0.2, 0) is 11.4 Å². The van der Waals surface area contributed by atoms with Gasteiger partial charge in [-0.3, -0.25) is 4.79 Å². The first kappa shape index (κ1) is 23.0. The van der Waals surface area contributed by atoms with Gasteiger partial charge in [-0.25, -0.2) is 4.39 Å². The van der Waals surface area contributed by atoms with Crippen molar-refractivity contribution in [3.8, 4) is 11.5 Å². The molecule has 1 aliphatic rings. The highest BCUT2D eigenvalue weighted by Gasteiger charge is 2.27. The first-order valence-electron chi connectivity index (χ1n) is 10.2. The number of amides is 1. The molecule has 2 N–H and O–H groups in total. The van der Waals surface area contributed by atoms with Gasteiger partial charge in [0.1, 0.15) is 12.4 Å². The number of carbonyl (C=O) groups excluding carboxylic acids is 1. The minimum Gasteiger partial charge on any atom is -0.493 e. The summed E-state index contributed by atoms with van der Waals surface area (Å²) in [5.74, 6) is 0.662. The summed E-state index contributed by atoms with van der Waals surface area (Å²) in [4.78, 5) is 13.1. The van der Waals surface area contributed by atoms with Crippen molar-refractivity contribution in [3.63, 3.8) is 0 Å². The molecule has 4 rings (SSSR count). The first-order chi connectivity index (χ1) is 15.9. The smallest absolute Gasteiger partial charge is 0.260 e. The van der Waals surface area contributed by atoms with Gasteiger partial charge in [0, 0.05) is 10.7 Å². The normalized spacial score (nSPS) is 16.5. The Morgan fingerprint density at radius 1 is 1.12 bits per heavy atom. The number of hydrogen-bond donors (Lipinski definition) is 2. The Labute approximate surface area is 200 Å². The maximum atomic E-state index is 13.1. The highest BCUT2D eigenvalue weighted by atomic mass is 35.5. The van der Waals surface area contributed by atoms with Gasteiger partial charge in [0.2, 0.25) is 0 Å². The molecule has 0 aromatic heterocycles.